The minimum Gasteiger partial charge on any atom is -0.380 e. The van der Waals surface area contributed by atoms with Crippen molar-refractivity contribution in [1.82, 2.24) is 10.2 Å². The van der Waals surface area contributed by atoms with E-state index < -0.39 is 24.0 Å². The first-order valence-electron chi connectivity index (χ1n) is 11.2. The van der Waals surface area contributed by atoms with Gasteiger partial charge in [0.1, 0.15) is 0 Å². The van der Waals surface area contributed by atoms with E-state index >= 15 is 0 Å². The predicted molar refractivity (Wildman–Crippen MR) is 133 cm³/mol. The third-order valence-corrected chi connectivity index (χ3v) is 7.39. The summed E-state index contributed by atoms with van der Waals surface area (Å²) >= 11 is 7.71. The molecule has 1 aliphatic rings. The van der Waals surface area contributed by atoms with Gasteiger partial charge in [0, 0.05) is 16.4 Å². The van der Waals surface area contributed by atoms with Gasteiger partial charge in [-0.1, -0.05) is 60.1 Å². The van der Waals surface area contributed by atoms with Crippen LogP contribution in [-0.2, 0) is 22.6 Å². The highest BCUT2D eigenvalue weighted by Gasteiger charge is 2.38. The van der Waals surface area contributed by atoms with Crippen LogP contribution in [0.15, 0.2) is 66.0 Å². The Balaban J connectivity index is 1.31. The molecule has 3 atom stereocenters. The molecule has 3 N–H and O–H groups in total. The molecule has 2 aromatic carbocycles. The second-order valence-corrected chi connectivity index (χ2v) is 9.80. The largest absolute Gasteiger partial charge is 0.380 e. The standard InChI is InChI=1S/C26H27ClN2O4S/c27-21-10-5-4-9-19(21)13-17-14-20(34-16-17)15-28-25(32)23(30)24(31)26(33)29-12-6-11-22(29)18-7-2-1-3-8-18/h1-5,7-10,14,16,22-24,30-31H,6,11-13,15H2,(H,28,32)/t22-,23-,24-/m1/s1. The second-order valence-electron chi connectivity index (χ2n) is 8.40. The minimum absolute atomic E-state index is 0.165. The Morgan fingerprint density at radius 1 is 1.09 bits per heavy atom. The highest BCUT2D eigenvalue weighted by Crippen LogP contribution is 2.32. The molecule has 34 heavy (non-hydrogen) atoms. The molecule has 2 heterocycles. The zero-order valence-electron chi connectivity index (χ0n) is 18.6. The molecule has 0 spiro atoms. The monoisotopic (exact) mass is 498 g/mol. The van der Waals surface area contributed by atoms with E-state index in [2.05, 4.69) is 5.32 Å². The van der Waals surface area contributed by atoms with E-state index in [0.717, 1.165) is 34.4 Å². The average Bonchev–Trinajstić information content (AvgIpc) is 3.53. The van der Waals surface area contributed by atoms with Gasteiger partial charge in [-0.2, -0.15) is 0 Å². The highest BCUT2D eigenvalue weighted by molar-refractivity contribution is 7.10. The van der Waals surface area contributed by atoms with Crippen LogP contribution in [0.3, 0.4) is 0 Å². The van der Waals surface area contributed by atoms with Crippen LogP contribution in [0.25, 0.3) is 0 Å². The molecular formula is C26H27ClN2O4S. The second kappa shape index (κ2) is 11.1. The van der Waals surface area contributed by atoms with E-state index in [4.69, 9.17) is 11.6 Å². The average molecular weight is 499 g/mol. The number of nitrogens with one attached hydrogen (secondary N) is 1. The molecular weight excluding hydrogens is 472 g/mol. The van der Waals surface area contributed by atoms with Crippen LogP contribution in [0, 0.1) is 0 Å². The molecule has 1 saturated heterocycles. The number of halogens is 1. The van der Waals surface area contributed by atoms with Gasteiger partial charge in [-0.25, -0.2) is 0 Å². The Kier molecular flexibility index (Phi) is 8.00. The quantitative estimate of drug-likeness (QED) is 0.442. The fourth-order valence-electron chi connectivity index (χ4n) is 4.25. The summed E-state index contributed by atoms with van der Waals surface area (Å²) in [4.78, 5) is 27.8. The zero-order chi connectivity index (χ0) is 24.1. The van der Waals surface area contributed by atoms with E-state index in [1.54, 1.807) is 4.90 Å². The van der Waals surface area contributed by atoms with Crippen LogP contribution in [0.5, 0.6) is 0 Å². The van der Waals surface area contributed by atoms with Crippen LogP contribution in [-0.4, -0.2) is 45.7 Å². The smallest absolute Gasteiger partial charge is 0.255 e. The van der Waals surface area contributed by atoms with Gasteiger partial charge in [-0.3, -0.25) is 9.59 Å². The molecule has 8 heteroatoms. The van der Waals surface area contributed by atoms with Crippen molar-refractivity contribution in [3.8, 4) is 0 Å². The van der Waals surface area contributed by atoms with Crippen molar-refractivity contribution in [3.05, 3.63) is 92.6 Å². The number of rotatable bonds is 8. The summed E-state index contributed by atoms with van der Waals surface area (Å²) in [7, 11) is 0. The van der Waals surface area contributed by atoms with Crippen LogP contribution < -0.4 is 5.32 Å². The molecule has 1 fully saturated rings. The highest BCUT2D eigenvalue weighted by atomic mass is 35.5. The molecule has 4 rings (SSSR count). The van der Waals surface area contributed by atoms with E-state index in [0.29, 0.717) is 18.0 Å². The number of hydrogen-bond acceptors (Lipinski definition) is 5. The van der Waals surface area contributed by atoms with Crippen molar-refractivity contribution in [2.45, 2.75) is 44.1 Å². The summed E-state index contributed by atoms with van der Waals surface area (Å²) in [6, 6.07) is 19.0. The molecule has 0 radical (unpaired) electrons. The Labute approximate surface area is 207 Å². The Bertz CT molecular complexity index is 1140. The van der Waals surface area contributed by atoms with Gasteiger partial charge in [0.2, 0.25) is 0 Å². The number of nitrogens with zero attached hydrogens (tertiary/aromatic N) is 1. The third kappa shape index (κ3) is 5.67. The molecule has 0 unspecified atom stereocenters. The summed E-state index contributed by atoms with van der Waals surface area (Å²) in [5.74, 6) is -1.41. The molecule has 178 valence electrons. The lowest BCUT2D eigenvalue weighted by atomic mass is 10.0. The van der Waals surface area contributed by atoms with E-state index in [1.807, 2.05) is 66.0 Å². The van der Waals surface area contributed by atoms with Crippen LogP contribution in [0.4, 0.5) is 0 Å². The van der Waals surface area contributed by atoms with Crippen molar-refractivity contribution in [2.75, 3.05) is 6.54 Å². The number of carbonyl (C=O) groups excluding carboxylic acids is 2. The lowest BCUT2D eigenvalue weighted by Crippen LogP contribution is -2.50. The van der Waals surface area contributed by atoms with Crippen molar-refractivity contribution < 1.29 is 19.8 Å². The summed E-state index contributed by atoms with van der Waals surface area (Å²) < 4.78 is 0. The number of thiophene rings is 1. The first-order valence-corrected chi connectivity index (χ1v) is 12.5. The Hall–Kier alpha value is -2.71. The van der Waals surface area contributed by atoms with Gasteiger partial charge in [0.05, 0.1) is 12.6 Å². The number of aliphatic hydroxyl groups is 2. The maximum absolute atomic E-state index is 12.9. The number of aliphatic hydroxyl groups excluding tert-OH is 2. The van der Waals surface area contributed by atoms with Crippen molar-refractivity contribution in [1.29, 1.82) is 0 Å². The zero-order valence-corrected chi connectivity index (χ0v) is 20.1. The van der Waals surface area contributed by atoms with Crippen LogP contribution in [0.2, 0.25) is 5.02 Å². The van der Waals surface area contributed by atoms with Gasteiger partial charge < -0.3 is 20.4 Å². The summed E-state index contributed by atoms with van der Waals surface area (Å²) in [5.41, 5.74) is 3.06. The maximum Gasteiger partial charge on any atom is 0.255 e. The molecule has 2 amide bonds. The van der Waals surface area contributed by atoms with Gasteiger partial charge >= 0.3 is 0 Å². The first kappa shape index (κ1) is 24.4. The van der Waals surface area contributed by atoms with Crippen molar-refractivity contribution >= 4 is 34.8 Å². The van der Waals surface area contributed by atoms with Gasteiger partial charge in [0.15, 0.2) is 12.2 Å². The Morgan fingerprint density at radius 2 is 1.82 bits per heavy atom. The summed E-state index contributed by atoms with van der Waals surface area (Å²) in [6.45, 7) is 0.674. The number of benzene rings is 2. The molecule has 6 nitrogen and oxygen atoms in total. The number of amides is 2. The molecule has 3 aromatic rings. The number of likely N-dealkylation sites (tertiary alicyclic amines) is 1. The van der Waals surface area contributed by atoms with Crippen molar-refractivity contribution in [3.63, 3.8) is 0 Å². The fraction of sp³-hybridized carbons (Fsp3) is 0.308. The number of carbonyl (C=O) groups is 2. The minimum atomic E-state index is -1.84. The molecule has 1 aliphatic heterocycles. The van der Waals surface area contributed by atoms with E-state index in [1.165, 1.54) is 11.3 Å². The van der Waals surface area contributed by atoms with E-state index in [-0.39, 0.29) is 12.6 Å². The number of hydrogen-bond donors (Lipinski definition) is 3. The molecule has 0 bridgehead atoms. The summed E-state index contributed by atoms with van der Waals surface area (Å²) in [5, 5.41) is 26.1. The maximum atomic E-state index is 12.9. The lowest BCUT2D eigenvalue weighted by molar-refractivity contribution is -0.153. The molecule has 0 aliphatic carbocycles. The van der Waals surface area contributed by atoms with Crippen LogP contribution in [0.1, 0.15) is 40.5 Å². The van der Waals surface area contributed by atoms with Gasteiger partial charge in [-0.15, -0.1) is 11.3 Å². The first-order chi connectivity index (χ1) is 16.4. The van der Waals surface area contributed by atoms with E-state index in [9.17, 15) is 19.8 Å². The normalized spacial score (nSPS) is 17.4. The topological polar surface area (TPSA) is 89.9 Å². The predicted octanol–water partition coefficient (Wildman–Crippen LogP) is 3.69. The third-order valence-electron chi connectivity index (χ3n) is 6.04. The van der Waals surface area contributed by atoms with Gasteiger partial charge in [-0.05, 0) is 53.5 Å². The molecule has 1 aromatic heterocycles. The van der Waals surface area contributed by atoms with Gasteiger partial charge in [0.25, 0.3) is 11.8 Å². The SMILES string of the molecule is O=C(NCc1cc(Cc2ccccc2Cl)cs1)[C@H](O)[C@@H](O)C(=O)N1CCC[C@@H]1c1ccccc1. The van der Waals surface area contributed by atoms with Crippen molar-refractivity contribution in [2.24, 2.45) is 0 Å². The Morgan fingerprint density at radius 3 is 2.59 bits per heavy atom. The molecule has 0 saturated carbocycles. The lowest BCUT2D eigenvalue weighted by Gasteiger charge is -2.28. The fourth-order valence-corrected chi connectivity index (χ4v) is 5.28. The van der Waals surface area contributed by atoms with Crippen LogP contribution >= 0.6 is 22.9 Å². The summed E-state index contributed by atoms with van der Waals surface area (Å²) in [6.07, 6.45) is -1.40.